The number of hydrogen-bond donors (Lipinski definition) is 2. The predicted octanol–water partition coefficient (Wildman–Crippen LogP) is 0.981. The van der Waals surface area contributed by atoms with E-state index >= 15 is 0 Å². The minimum atomic E-state index is -0.0187. The molecule has 0 saturated heterocycles. The van der Waals surface area contributed by atoms with Crippen molar-refractivity contribution in [1.82, 2.24) is 5.32 Å². The minimum Gasteiger partial charge on any atom is -0.398 e. The van der Waals surface area contributed by atoms with Crippen LogP contribution < -0.4 is 11.1 Å². The molecular formula is C14H22N2O3. The van der Waals surface area contributed by atoms with E-state index in [0.717, 1.165) is 12.0 Å². The summed E-state index contributed by atoms with van der Waals surface area (Å²) in [7, 11) is 1.64. The van der Waals surface area contributed by atoms with Gasteiger partial charge in [-0.05, 0) is 18.1 Å². The number of ether oxygens (including phenoxy) is 2. The highest BCUT2D eigenvalue weighted by Gasteiger charge is 2.04. The Balaban J connectivity index is 2.10. The first-order valence-corrected chi connectivity index (χ1v) is 6.41. The van der Waals surface area contributed by atoms with Crippen LogP contribution in [0.4, 0.5) is 5.69 Å². The van der Waals surface area contributed by atoms with Gasteiger partial charge in [0.1, 0.15) is 0 Å². The maximum absolute atomic E-state index is 11.7. The van der Waals surface area contributed by atoms with Gasteiger partial charge in [0.2, 0.25) is 5.91 Å². The quantitative estimate of drug-likeness (QED) is 0.516. The number of anilines is 1. The summed E-state index contributed by atoms with van der Waals surface area (Å²) < 4.78 is 10.2. The molecule has 0 unspecified atom stereocenters. The molecule has 1 rings (SSSR count). The van der Waals surface area contributed by atoms with Crippen LogP contribution in [0.2, 0.25) is 0 Å². The molecule has 0 radical (unpaired) electrons. The fraction of sp³-hybridized carbons (Fsp3) is 0.500. The Morgan fingerprint density at radius 2 is 2.05 bits per heavy atom. The zero-order chi connectivity index (χ0) is 13.9. The number of amides is 1. The lowest BCUT2D eigenvalue weighted by Gasteiger charge is -2.07. The second-order valence-electron chi connectivity index (χ2n) is 4.18. The molecule has 1 aromatic rings. The van der Waals surface area contributed by atoms with E-state index in [0.29, 0.717) is 38.5 Å². The SMILES string of the molecule is COCCOCCCNC(=O)Cc1ccccc1N. The summed E-state index contributed by atoms with van der Waals surface area (Å²) in [5, 5.41) is 2.84. The fourth-order valence-electron chi connectivity index (χ4n) is 1.58. The second kappa shape index (κ2) is 9.35. The first kappa shape index (κ1) is 15.5. The zero-order valence-corrected chi connectivity index (χ0v) is 11.4. The number of nitrogen functional groups attached to an aromatic ring is 1. The van der Waals surface area contributed by atoms with E-state index in [1.807, 2.05) is 18.2 Å². The third kappa shape index (κ3) is 6.79. The molecule has 0 atom stereocenters. The molecule has 3 N–H and O–H groups in total. The van der Waals surface area contributed by atoms with Crippen molar-refractivity contribution >= 4 is 11.6 Å². The van der Waals surface area contributed by atoms with E-state index in [-0.39, 0.29) is 5.91 Å². The highest BCUT2D eigenvalue weighted by molar-refractivity contribution is 5.80. The van der Waals surface area contributed by atoms with E-state index in [9.17, 15) is 4.79 Å². The first-order chi connectivity index (χ1) is 9.24. The van der Waals surface area contributed by atoms with Crippen molar-refractivity contribution in [3.8, 4) is 0 Å². The van der Waals surface area contributed by atoms with Gasteiger partial charge in [-0.1, -0.05) is 18.2 Å². The Morgan fingerprint density at radius 1 is 1.26 bits per heavy atom. The molecular weight excluding hydrogens is 244 g/mol. The fourth-order valence-corrected chi connectivity index (χ4v) is 1.58. The molecule has 106 valence electrons. The molecule has 0 spiro atoms. The lowest BCUT2D eigenvalue weighted by Crippen LogP contribution is -2.27. The Labute approximate surface area is 114 Å². The van der Waals surface area contributed by atoms with Crippen LogP contribution in [0.25, 0.3) is 0 Å². The standard InChI is InChI=1S/C14H22N2O3/c1-18-9-10-19-8-4-7-16-14(17)11-12-5-2-3-6-13(12)15/h2-3,5-6H,4,7-11,15H2,1H3,(H,16,17). The molecule has 0 aliphatic heterocycles. The number of hydrogen-bond acceptors (Lipinski definition) is 4. The molecule has 5 heteroatoms. The average molecular weight is 266 g/mol. The van der Waals surface area contributed by atoms with Crippen molar-refractivity contribution < 1.29 is 14.3 Å². The van der Waals surface area contributed by atoms with Gasteiger partial charge in [0.15, 0.2) is 0 Å². The maximum Gasteiger partial charge on any atom is 0.224 e. The zero-order valence-electron chi connectivity index (χ0n) is 11.4. The second-order valence-corrected chi connectivity index (χ2v) is 4.18. The summed E-state index contributed by atoms with van der Waals surface area (Å²) in [6.45, 7) is 2.42. The van der Waals surface area contributed by atoms with Crippen LogP contribution >= 0.6 is 0 Å². The molecule has 1 aromatic carbocycles. The maximum atomic E-state index is 11.7. The third-order valence-corrected chi connectivity index (χ3v) is 2.63. The van der Waals surface area contributed by atoms with Gasteiger partial charge in [-0.25, -0.2) is 0 Å². The Kier molecular flexibility index (Phi) is 7.62. The number of nitrogens with two attached hydrogens (primary N) is 1. The molecule has 0 saturated carbocycles. The van der Waals surface area contributed by atoms with E-state index in [2.05, 4.69) is 5.32 Å². The van der Waals surface area contributed by atoms with Crippen molar-refractivity contribution in [3.63, 3.8) is 0 Å². The lowest BCUT2D eigenvalue weighted by atomic mass is 10.1. The van der Waals surface area contributed by atoms with Crippen LogP contribution in [0.1, 0.15) is 12.0 Å². The molecule has 0 bridgehead atoms. The summed E-state index contributed by atoms with van der Waals surface area (Å²) in [6, 6.07) is 7.39. The number of rotatable bonds is 9. The average Bonchev–Trinajstić information content (AvgIpc) is 2.40. The molecule has 0 heterocycles. The van der Waals surface area contributed by atoms with Crippen LogP contribution in [-0.4, -0.2) is 39.4 Å². The van der Waals surface area contributed by atoms with Crippen LogP contribution in [0.3, 0.4) is 0 Å². The van der Waals surface area contributed by atoms with Crippen molar-refractivity contribution in [2.24, 2.45) is 0 Å². The number of para-hydroxylation sites is 1. The Morgan fingerprint density at radius 3 is 2.79 bits per heavy atom. The van der Waals surface area contributed by atoms with Gasteiger partial charge in [-0.15, -0.1) is 0 Å². The van der Waals surface area contributed by atoms with E-state index in [4.69, 9.17) is 15.2 Å². The number of nitrogens with one attached hydrogen (secondary N) is 1. The predicted molar refractivity (Wildman–Crippen MR) is 74.9 cm³/mol. The normalized spacial score (nSPS) is 10.4. The number of carbonyl (C=O) groups excluding carboxylic acids is 1. The summed E-state index contributed by atoms with van der Waals surface area (Å²) in [4.78, 5) is 11.7. The van der Waals surface area contributed by atoms with Gasteiger partial charge in [0.25, 0.3) is 0 Å². The number of carbonyl (C=O) groups is 1. The monoisotopic (exact) mass is 266 g/mol. The van der Waals surface area contributed by atoms with Gasteiger partial charge in [0.05, 0.1) is 19.6 Å². The van der Waals surface area contributed by atoms with Gasteiger partial charge < -0.3 is 20.5 Å². The Bertz CT molecular complexity index is 383. The number of benzene rings is 1. The van der Waals surface area contributed by atoms with Crippen molar-refractivity contribution in [1.29, 1.82) is 0 Å². The van der Waals surface area contributed by atoms with Gasteiger partial charge in [-0.3, -0.25) is 4.79 Å². The molecule has 0 aromatic heterocycles. The first-order valence-electron chi connectivity index (χ1n) is 6.41. The van der Waals surface area contributed by atoms with Gasteiger partial charge >= 0.3 is 0 Å². The topological polar surface area (TPSA) is 73.6 Å². The molecule has 0 fully saturated rings. The molecule has 5 nitrogen and oxygen atoms in total. The van der Waals surface area contributed by atoms with Crippen LogP contribution in [-0.2, 0) is 20.7 Å². The van der Waals surface area contributed by atoms with Gasteiger partial charge in [0, 0.05) is 25.9 Å². The molecule has 0 aliphatic carbocycles. The summed E-state index contributed by atoms with van der Waals surface area (Å²) in [6.07, 6.45) is 1.11. The summed E-state index contributed by atoms with van der Waals surface area (Å²) in [5.41, 5.74) is 7.29. The van der Waals surface area contributed by atoms with Crippen molar-refractivity contribution in [2.45, 2.75) is 12.8 Å². The molecule has 1 amide bonds. The summed E-state index contributed by atoms with van der Waals surface area (Å²) >= 11 is 0. The summed E-state index contributed by atoms with van der Waals surface area (Å²) in [5.74, 6) is -0.0187. The third-order valence-electron chi connectivity index (χ3n) is 2.63. The highest BCUT2D eigenvalue weighted by atomic mass is 16.5. The number of methoxy groups -OCH3 is 1. The largest absolute Gasteiger partial charge is 0.398 e. The minimum absolute atomic E-state index is 0.0187. The lowest BCUT2D eigenvalue weighted by molar-refractivity contribution is -0.120. The molecule has 0 aliphatic rings. The van der Waals surface area contributed by atoms with Crippen molar-refractivity contribution in [2.75, 3.05) is 39.2 Å². The molecule has 19 heavy (non-hydrogen) atoms. The van der Waals surface area contributed by atoms with E-state index in [1.54, 1.807) is 13.2 Å². The highest BCUT2D eigenvalue weighted by Crippen LogP contribution is 2.10. The van der Waals surface area contributed by atoms with Crippen molar-refractivity contribution in [3.05, 3.63) is 29.8 Å². The van der Waals surface area contributed by atoms with Crippen LogP contribution in [0, 0.1) is 0 Å². The Hall–Kier alpha value is -1.59. The van der Waals surface area contributed by atoms with E-state index < -0.39 is 0 Å². The van der Waals surface area contributed by atoms with E-state index in [1.165, 1.54) is 0 Å². The van der Waals surface area contributed by atoms with Gasteiger partial charge in [-0.2, -0.15) is 0 Å². The smallest absolute Gasteiger partial charge is 0.224 e. The van der Waals surface area contributed by atoms with Crippen LogP contribution in [0.15, 0.2) is 24.3 Å². The van der Waals surface area contributed by atoms with Crippen LogP contribution in [0.5, 0.6) is 0 Å².